The van der Waals surface area contributed by atoms with Crippen molar-refractivity contribution >= 4 is 5.69 Å². The zero-order valence-electron chi connectivity index (χ0n) is 10.6. The van der Waals surface area contributed by atoms with Crippen LogP contribution in [-0.2, 0) is 26.6 Å². The van der Waals surface area contributed by atoms with Crippen LogP contribution in [0.2, 0.25) is 0 Å². The molecule has 0 saturated heterocycles. The van der Waals surface area contributed by atoms with Gasteiger partial charge >= 0.3 is 0 Å². The molecule has 0 saturated carbocycles. The van der Waals surface area contributed by atoms with Crippen molar-refractivity contribution in [1.29, 1.82) is 0 Å². The van der Waals surface area contributed by atoms with Crippen molar-refractivity contribution in [3.8, 4) is 0 Å². The van der Waals surface area contributed by atoms with E-state index in [0.29, 0.717) is 0 Å². The van der Waals surface area contributed by atoms with E-state index in [1.807, 2.05) is 30.1 Å². The Bertz CT molecular complexity index is 559. The first-order valence-electron chi connectivity index (χ1n) is 6.29. The van der Waals surface area contributed by atoms with Crippen molar-refractivity contribution in [3.05, 3.63) is 47.3 Å². The van der Waals surface area contributed by atoms with Gasteiger partial charge in [0.05, 0.1) is 5.69 Å². The Labute approximate surface area is 107 Å². The van der Waals surface area contributed by atoms with E-state index in [1.54, 1.807) is 0 Å². The second-order valence-electron chi connectivity index (χ2n) is 4.93. The monoisotopic (exact) mass is 242 g/mol. The fourth-order valence-electron chi connectivity index (χ4n) is 2.57. The van der Waals surface area contributed by atoms with E-state index >= 15 is 0 Å². The molecule has 1 aliphatic rings. The molecule has 1 aliphatic heterocycles. The maximum atomic E-state index is 6.05. The van der Waals surface area contributed by atoms with E-state index in [2.05, 4.69) is 22.1 Å². The quantitative estimate of drug-likeness (QED) is 0.813. The summed E-state index contributed by atoms with van der Waals surface area (Å²) in [5, 5.41) is 4.43. The Balaban J connectivity index is 1.76. The van der Waals surface area contributed by atoms with Crippen LogP contribution in [0.5, 0.6) is 0 Å². The summed E-state index contributed by atoms with van der Waals surface area (Å²) in [7, 11) is 1.95. The van der Waals surface area contributed by atoms with Crippen molar-refractivity contribution in [2.24, 2.45) is 7.05 Å². The van der Waals surface area contributed by atoms with Gasteiger partial charge < -0.3 is 5.73 Å². The second kappa shape index (κ2) is 4.46. The van der Waals surface area contributed by atoms with Crippen LogP contribution in [0.4, 0.5) is 5.69 Å². The number of hydrogen-bond donors (Lipinski definition) is 1. The predicted octanol–water partition coefficient (Wildman–Crippen LogP) is 1.56. The topological polar surface area (TPSA) is 47.1 Å². The van der Waals surface area contributed by atoms with Gasteiger partial charge in [-0.2, -0.15) is 5.10 Å². The number of aryl methyl sites for hydroxylation is 1. The van der Waals surface area contributed by atoms with Gasteiger partial charge in [0.2, 0.25) is 0 Å². The summed E-state index contributed by atoms with van der Waals surface area (Å²) in [6.45, 7) is 2.90. The Morgan fingerprint density at radius 3 is 3.00 bits per heavy atom. The largest absolute Gasteiger partial charge is 0.398 e. The molecule has 4 heteroatoms. The van der Waals surface area contributed by atoms with Gasteiger partial charge in [-0.05, 0) is 29.7 Å². The van der Waals surface area contributed by atoms with Gasteiger partial charge in [-0.3, -0.25) is 9.58 Å². The number of nitrogen functional groups attached to an aromatic ring is 1. The zero-order valence-corrected chi connectivity index (χ0v) is 10.6. The summed E-state index contributed by atoms with van der Waals surface area (Å²) in [5.74, 6) is 0. The maximum Gasteiger partial charge on any atom is 0.0764 e. The molecule has 18 heavy (non-hydrogen) atoms. The molecule has 0 bridgehead atoms. The lowest BCUT2D eigenvalue weighted by atomic mass is 9.98. The fourth-order valence-corrected chi connectivity index (χ4v) is 2.57. The molecule has 0 aliphatic carbocycles. The van der Waals surface area contributed by atoms with Gasteiger partial charge in [-0.15, -0.1) is 0 Å². The number of aromatic nitrogens is 2. The van der Waals surface area contributed by atoms with Gasteiger partial charge in [0.15, 0.2) is 0 Å². The van der Waals surface area contributed by atoms with Crippen LogP contribution in [0.3, 0.4) is 0 Å². The second-order valence-corrected chi connectivity index (χ2v) is 4.93. The van der Waals surface area contributed by atoms with Crippen molar-refractivity contribution in [2.45, 2.75) is 19.5 Å². The molecule has 2 N–H and O–H groups in total. The number of benzene rings is 1. The average molecular weight is 242 g/mol. The smallest absolute Gasteiger partial charge is 0.0764 e. The fraction of sp³-hybridized carbons (Fsp3) is 0.357. The third kappa shape index (κ3) is 2.11. The van der Waals surface area contributed by atoms with E-state index in [1.165, 1.54) is 11.1 Å². The molecule has 1 aromatic heterocycles. The van der Waals surface area contributed by atoms with E-state index in [4.69, 9.17) is 5.73 Å². The Morgan fingerprint density at radius 2 is 2.22 bits per heavy atom. The lowest BCUT2D eigenvalue weighted by Gasteiger charge is -2.28. The SMILES string of the molecule is Cn1ccc(CN2CCc3cccc(N)c3C2)n1. The van der Waals surface area contributed by atoms with E-state index in [9.17, 15) is 0 Å². The van der Waals surface area contributed by atoms with Gasteiger partial charge in [0.25, 0.3) is 0 Å². The van der Waals surface area contributed by atoms with Crippen LogP contribution in [0.25, 0.3) is 0 Å². The third-order valence-electron chi connectivity index (χ3n) is 3.54. The normalized spacial score (nSPS) is 15.6. The Kier molecular flexibility index (Phi) is 2.80. The molecule has 0 radical (unpaired) electrons. The first-order valence-corrected chi connectivity index (χ1v) is 6.29. The molecule has 0 atom stereocenters. The molecular weight excluding hydrogens is 224 g/mol. The minimum absolute atomic E-state index is 0.897. The van der Waals surface area contributed by atoms with Gasteiger partial charge in [0.1, 0.15) is 0 Å². The highest BCUT2D eigenvalue weighted by Gasteiger charge is 2.18. The first kappa shape index (κ1) is 11.3. The summed E-state index contributed by atoms with van der Waals surface area (Å²) < 4.78 is 1.85. The van der Waals surface area contributed by atoms with E-state index in [-0.39, 0.29) is 0 Å². The number of nitrogens with two attached hydrogens (primary N) is 1. The molecule has 0 amide bonds. The van der Waals surface area contributed by atoms with Gasteiger partial charge in [0, 0.05) is 38.6 Å². The summed E-state index contributed by atoms with van der Waals surface area (Å²) >= 11 is 0. The highest BCUT2D eigenvalue weighted by atomic mass is 15.3. The molecule has 2 aromatic rings. The lowest BCUT2D eigenvalue weighted by molar-refractivity contribution is 0.242. The molecule has 3 rings (SSSR count). The standard InChI is InChI=1S/C14H18N4/c1-17-7-6-12(16-17)9-18-8-5-11-3-2-4-14(15)13(11)10-18/h2-4,6-7H,5,8-10,15H2,1H3. The summed E-state index contributed by atoms with van der Waals surface area (Å²) in [5.41, 5.74) is 10.8. The van der Waals surface area contributed by atoms with Crippen LogP contribution >= 0.6 is 0 Å². The molecule has 0 unspecified atom stereocenters. The Morgan fingerprint density at radius 1 is 1.33 bits per heavy atom. The number of rotatable bonds is 2. The van der Waals surface area contributed by atoms with Crippen molar-refractivity contribution in [1.82, 2.24) is 14.7 Å². The van der Waals surface area contributed by atoms with Crippen molar-refractivity contribution in [3.63, 3.8) is 0 Å². The minimum Gasteiger partial charge on any atom is -0.398 e. The van der Waals surface area contributed by atoms with Crippen LogP contribution < -0.4 is 5.73 Å². The van der Waals surface area contributed by atoms with E-state index in [0.717, 1.165) is 37.4 Å². The molecule has 2 heterocycles. The molecule has 94 valence electrons. The minimum atomic E-state index is 0.897. The molecule has 0 fully saturated rings. The van der Waals surface area contributed by atoms with Crippen LogP contribution in [0.15, 0.2) is 30.5 Å². The first-order chi connectivity index (χ1) is 8.72. The number of anilines is 1. The number of nitrogens with zero attached hydrogens (tertiary/aromatic N) is 3. The summed E-state index contributed by atoms with van der Waals surface area (Å²) in [6.07, 6.45) is 3.06. The molecular formula is C14H18N4. The summed E-state index contributed by atoms with van der Waals surface area (Å²) in [4.78, 5) is 2.40. The zero-order chi connectivity index (χ0) is 12.5. The highest BCUT2D eigenvalue weighted by molar-refractivity contribution is 5.51. The van der Waals surface area contributed by atoms with Gasteiger partial charge in [-0.1, -0.05) is 12.1 Å². The summed E-state index contributed by atoms with van der Waals surface area (Å²) in [6, 6.07) is 8.29. The van der Waals surface area contributed by atoms with E-state index < -0.39 is 0 Å². The molecule has 1 aromatic carbocycles. The van der Waals surface area contributed by atoms with Crippen molar-refractivity contribution in [2.75, 3.05) is 12.3 Å². The number of hydrogen-bond acceptors (Lipinski definition) is 3. The van der Waals surface area contributed by atoms with Crippen LogP contribution in [0, 0.1) is 0 Å². The molecule has 0 spiro atoms. The van der Waals surface area contributed by atoms with Crippen LogP contribution in [-0.4, -0.2) is 21.2 Å². The number of fused-ring (bicyclic) bond motifs is 1. The van der Waals surface area contributed by atoms with Crippen LogP contribution in [0.1, 0.15) is 16.8 Å². The predicted molar refractivity (Wildman–Crippen MR) is 71.9 cm³/mol. The third-order valence-corrected chi connectivity index (χ3v) is 3.54. The van der Waals surface area contributed by atoms with Crippen molar-refractivity contribution < 1.29 is 0 Å². The lowest BCUT2D eigenvalue weighted by Crippen LogP contribution is -2.30. The Hall–Kier alpha value is -1.81. The maximum absolute atomic E-state index is 6.05. The van der Waals surface area contributed by atoms with Gasteiger partial charge in [-0.25, -0.2) is 0 Å². The average Bonchev–Trinajstić information content (AvgIpc) is 2.76. The highest BCUT2D eigenvalue weighted by Crippen LogP contribution is 2.24. The molecule has 4 nitrogen and oxygen atoms in total.